The molecule has 1 aromatic carbocycles. The zero-order chi connectivity index (χ0) is 16.6. The summed E-state index contributed by atoms with van der Waals surface area (Å²) in [6, 6.07) is 8.39. The summed E-state index contributed by atoms with van der Waals surface area (Å²) in [6.07, 6.45) is 3.58. The number of aromatic amines is 1. The highest BCUT2D eigenvalue weighted by molar-refractivity contribution is 5.99. The Morgan fingerprint density at radius 3 is 2.87 bits per heavy atom. The van der Waals surface area contributed by atoms with Gasteiger partial charge in [0.15, 0.2) is 0 Å². The minimum atomic E-state index is -0.725. The number of nitrogens with zero attached hydrogens (tertiary/aromatic N) is 1. The Morgan fingerprint density at radius 1 is 1.39 bits per heavy atom. The Labute approximate surface area is 136 Å². The van der Waals surface area contributed by atoms with Crippen LogP contribution in [0.1, 0.15) is 54.2 Å². The van der Waals surface area contributed by atoms with Crippen LogP contribution in [0.5, 0.6) is 0 Å². The molecule has 2 N–H and O–H groups in total. The number of amides is 1. The van der Waals surface area contributed by atoms with Crippen molar-refractivity contribution in [2.75, 3.05) is 0 Å². The molecule has 1 fully saturated rings. The molecule has 2 aromatic rings. The fourth-order valence-corrected chi connectivity index (χ4v) is 3.80. The average molecular weight is 309 g/mol. The van der Waals surface area contributed by atoms with Gasteiger partial charge in [0.1, 0.15) is 11.2 Å². The van der Waals surface area contributed by atoms with Gasteiger partial charge in [0.25, 0.3) is 5.91 Å². The molecule has 4 heteroatoms. The number of hydrogen-bond acceptors (Lipinski definition) is 2. The number of benzene rings is 1. The first-order valence-electron chi connectivity index (χ1n) is 8.26. The van der Waals surface area contributed by atoms with Crippen molar-refractivity contribution in [3.63, 3.8) is 0 Å². The van der Waals surface area contributed by atoms with Gasteiger partial charge in [-0.25, -0.2) is 0 Å². The first kappa shape index (κ1) is 15.6. The van der Waals surface area contributed by atoms with Gasteiger partial charge in [-0.1, -0.05) is 19.4 Å². The van der Waals surface area contributed by atoms with Crippen LogP contribution in [0, 0.1) is 31.1 Å². The summed E-state index contributed by atoms with van der Waals surface area (Å²) in [5, 5.41) is 13.7. The van der Waals surface area contributed by atoms with E-state index >= 15 is 0 Å². The van der Waals surface area contributed by atoms with Crippen molar-refractivity contribution >= 4 is 16.8 Å². The fraction of sp³-hybridized carbons (Fsp3) is 0.474. The summed E-state index contributed by atoms with van der Waals surface area (Å²) in [5.41, 5.74) is 3.09. The molecule has 2 atom stereocenters. The molecule has 1 aliphatic carbocycles. The van der Waals surface area contributed by atoms with E-state index in [9.17, 15) is 10.1 Å². The van der Waals surface area contributed by atoms with Crippen molar-refractivity contribution in [1.29, 1.82) is 5.26 Å². The molecule has 1 amide bonds. The number of carbonyl (C=O) groups is 1. The number of carbonyl (C=O) groups excluding carboxylic acids is 1. The van der Waals surface area contributed by atoms with Crippen LogP contribution in [0.25, 0.3) is 10.9 Å². The van der Waals surface area contributed by atoms with Crippen LogP contribution >= 0.6 is 0 Å². The van der Waals surface area contributed by atoms with E-state index in [1.165, 1.54) is 5.56 Å². The lowest BCUT2D eigenvalue weighted by Gasteiger charge is -2.34. The minimum absolute atomic E-state index is 0.186. The summed E-state index contributed by atoms with van der Waals surface area (Å²) >= 11 is 0. The third kappa shape index (κ3) is 2.96. The van der Waals surface area contributed by atoms with Crippen LogP contribution in [0.15, 0.2) is 18.2 Å². The summed E-state index contributed by atoms with van der Waals surface area (Å²) in [7, 11) is 0. The van der Waals surface area contributed by atoms with Gasteiger partial charge in [-0.2, -0.15) is 5.26 Å². The molecule has 1 saturated carbocycles. The molecule has 0 saturated heterocycles. The summed E-state index contributed by atoms with van der Waals surface area (Å²) in [5.74, 6) is 0.283. The van der Waals surface area contributed by atoms with E-state index in [1.54, 1.807) is 0 Å². The van der Waals surface area contributed by atoms with Crippen LogP contribution in [-0.2, 0) is 0 Å². The lowest BCUT2D eigenvalue weighted by Crippen LogP contribution is -2.50. The van der Waals surface area contributed by atoms with Crippen LogP contribution in [0.4, 0.5) is 0 Å². The van der Waals surface area contributed by atoms with Crippen molar-refractivity contribution in [2.45, 2.75) is 52.0 Å². The Morgan fingerprint density at radius 2 is 2.17 bits per heavy atom. The predicted octanol–water partition coefficient (Wildman–Crippen LogP) is 3.99. The molecule has 0 bridgehead atoms. The van der Waals surface area contributed by atoms with Crippen LogP contribution in [-0.4, -0.2) is 16.4 Å². The lowest BCUT2D eigenvalue weighted by molar-refractivity contribution is 0.0886. The minimum Gasteiger partial charge on any atom is -0.351 e. The predicted molar refractivity (Wildman–Crippen MR) is 91.2 cm³/mol. The van der Waals surface area contributed by atoms with E-state index in [-0.39, 0.29) is 5.91 Å². The highest BCUT2D eigenvalue weighted by atomic mass is 16.2. The van der Waals surface area contributed by atoms with Crippen LogP contribution in [0.3, 0.4) is 0 Å². The van der Waals surface area contributed by atoms with Gasteiger partial charge < -0.3 is 10.3 Å². The number of nitriles is 1. The molecule has 120 valence electrons. The number of aryl methyl sites for hydroxylation is 2. The zero-order valence-electron chi connectivity index (χ0n) is 14.0. The number of H-pyrrole nitrogens is 1. The van der Waals surface area contributed by atoms with Gasteiger partial charge in [0.2, 0.25) is 0 Å². The average Bonchev–Trinajstić information content (AvgIpc) is 2.91. The van der Waals surface area contributed by atoms with E-state index < -0.39 is 5.54 Å². The van der Waals surface area contributed by atoms with E-state index in [4.69, 9.17) is 0 Å². The topological polar surface area (TPSA) is 68.7 Å². The maximum atomic E-state index is 12.7. The third-order valence-corrected chi connectivity index (χ3v) is 4.90. The molecular formula is C19H23N3O. The van der Waals surface area contributed by atoms with Crippen molar-refractivity contribution in [1.82, 2.24) is 10.3 Å². The molecule has 23 heavy (non-hydrogen) atoms. The lowest BCUT2D eigenvalue weighted by atomic mass is 9.77. The number of rotatable bonds is 2. The smallest absolute Gasteiger partial charge is 0.268 e. The third-order valence-electron chi connectivity index (χ3n) is 4.90. The number of fused-ring (bicyclic) bond motifs is 1. The molecule has 0 aliphatic heterocycles. The quantitative estimate of drug-likeness (QED) is 0.880. The first-order chi connectivity index (χ1) is 10.9. The van der Waals surface area contributed by atoms with Gasteiger partial charge in [-0.15, -0.1) is 0 Å². The first-order valence-corrected chi connectivity index (χ1v) is 8.26. The van der Waals surface area contributed by atoms with E-state index in [1.807, 2.05) is 26.0 Å². The molecule has 1 heterocycles. The largest absolute Gasteiger partial charge is 0.351 e. The van der Waals surface area contributed by atoms with Crippen LogP contribution in [0.2, 0.25) is 0 Å². The second-order valence-electron chi connectivity index (χ2n) is 7.08. The standard InChI is InChI=1S/C19H23N3O/c1-12-5-4-6-19(10-12,11-20)22-18(23)17-9-15-14(3)7-13(2)8-16(15)21-17/h7-9,12,21H,4-6,10H2,1-3H3,(H,22,23)/t12-,19-/m1/s1. The molecule has 0 unspecified atom stereocenters. The molecule has 3 rings (SSSR count). The monoisotopic (exact) mass is 309 g/mol. The van der Waals surface area contributed by atoms with Crippen molar-refractivity contribution < 1.29 is 4.79 Å². The molecular weight excluding hydrogens is 286 g/mol. The zero-order valence-corrected chi connectivity index (χ0v) is 14.0. The van der Waals surface area contributed by atoms with Gasteiger partial charge >= 0.3 is 0 Å². The number of hydrogen-bond donors (Lipinski definition) is 2. The van der Waals surface area contributed by atoms with Gasteiger partial charge in [-0.3, -0.25) is 4.79 Å². The summed E-state index contributed by atoms with van der Waals surface area (Å²) < 4.78 is 0. The van der Waals surface area contributed by atoms with E-state index in [2.05, 4.69) is 29.4 Å². The molecule has 1 aliphatic rings. The second kappa shape index (κ2) is 5.73. The molecule has 1 aromatic heterocycles. The molecule has 0 radical (unpaired) electrons. The SMILES string of the molecule is Cc1cc(C)c2cc(C(=O)N[C@]3(C#N)CCC[C@@H](C)C3)[nH]c2c1. The van der Waals surface area contributed by atoms with Crippen molar-refractivity contribution in [3.8, 4) is 6.07 Å². The van der Waals surface area contributed by atoms with Gasteiger partial charge in [0.05, 0.1) is 6.07 Å². The summed E-state index contributed by atoms with van der Waals surface area (Å²) in [4.78, 5) is 15.9. The Kier molecular flexibility index (Phi) is 3.89. The maximum absolute atomic E-state index is 12.7. The van der Waals surface area contributed by atoms with Crippen LogP contribution < -0.4 is 5.32 Å². The van der Waals surface area contributed by atoms with Gasteiger partial charge in [0, 0.05) is 10.9 Å². The number of aromatic nitrogens is 1. The van der Waals surface area contributed by atoms with Crippen molar-refractivity contribution in [3.05, 3.63) is 35.0 Å². The van der Waals surface area contributed by atoms with Crippen molar-refractivity contribution in [2.24, 2.45) is 5.92 Å². The van der Waals surface area contributed by atoms with E-state index in [0.717, 1.165) is 42.1 Å². The number of nitrogens with one attached hydrogen (secondary N) is 2. The Bertz CT molecular complexity index is 799. The highest BCUT2D eigenvalue weighted by Gasteiger charge is 2.36. The second-order valence-corrected chi connectivity index (χ2v) is 7.08. The Hall–Kier alpha value is -2.28. The molecule has 0 spiro atoms. The maximum Gasteiger partial charge on any atom is 0.268 e. The fourth-order valence-electron chi connectivity index (χ4n) is 3.80. The normalized spacial score (nSPS) is 24.3. The van der Waals surface area contributed by atoms with E-state index in [0.29, 0.717) is 11.6 Å². The highest BCUT2D eigenvalue weighted by Crippen LogP contribution is 2.32. The van der Waals surface area contributed by atoms with Gasteiger partial charge in [-0.05, 0) is 62.3 Å². The summed E-state index contributed by atoms with van der Waals surface area (Å²) in [6.45, 7) is 6.23. The molecule has 4 nitrogen and oxygen atoms in total. The Balaban J connectivity index is 1.88.